The summed E-state index contributed by atoms with van der Waals surface area (Å²) in [4.78, 5) is 90.1. The van der Waals surface area contributed by atoms with Crippen LogP contribution in [0.4, 0.5) is 28.7 Å². The zero-order valence-electron chi connectivity index (χ0n) is 49.5. The van der Waals surface area contributed by atoms with Gasteiger partial charge in [0.25, 0.3) is 28.7 Å². The number of aromatic amines is 2. The maximum Gasteiger partial charge on any atom is 0.312 e. The summed E-state index contributed by atoms with van der Waals surface area (Å²) in [6.45, 7) is 26.5. The topological polar surface area (TPSA) is 242 Å². The van der Waals surface area contributed by atoms with Gasteiger partial charge in [0.05, 0.1) is 59.1 Å². The number of methoxy groups -OCH3 is 1. The second kappa shape index (κ2) is 25.9. The normalized spacial score (nSPS) is 14.5. The van der Waals surface area contributed by atoms with E-state index in [0.717, 1.165) is 67.5 Å². The van der Waals surface area contributed by atoms with Gasteiger partial charge >= 0.3 is 5.97 Å². The Bertz CT molecular complexity index is 4230. The van der Waals surface area contributed by atoms with Gasteiger partial charge in [-0.25, -0.2) is 9.97 Å². The minimum atomic E-state index is -0.823. The molecule has 2 aromatic carbocycles. The van der Waals surface area contributed by atoms with E-state index in [1.807, 2.05) is 62.1 Å². The fraction of sp³-hybridized carbons (Fsp3) is 0.387. The standard InChI is InChI=1S/C30H30N8O3S.C24H30N4O4.C8H5N3S/c1-6-9-21-23-24(36(5)35-21)27(39)34-26(33-23)20-15-18(10-11-22(20)41-7-2)38-29(42)37(28(40)30(38)12-8-13-30)19-14-17(3)25(31-4)32-16-19;1-5-8-17-19-20(28(3)27-17)22(29)26-21(25-19)16-13-15(9-10-18(16)32-6-2)14-24(11-7-12-24)23(30)31-4;1-6-3-7(11-5-12)4-10-8(6)9-2/h10-11,14-16H,6-9,12-13H2,1-3,5H3,(H,33,34,39);9-10,13H,5-8,11-12,14H2,1-4H3,(H,25,26,29);3-4H,1H3. The van der Waals surface area contributed by atoms with Crippen molar-refractivity contribution >= 4 is 97.4 Å². The van der Waals surface area contributed by atoms with Crippen LogP contribution in [0, 0.1) is 32.4 Å². The number of ether oxygens (including phenoxy) is 3. The third-order valence-corrected chi connectivity index (χ3v) is 16.1. The second-order valence-corrected chi connectivity index (χ2v) is 21.8. The smallest absolute Gasteiger partial charge is 0.312 e. The van der Waals surface area contributed by atoms with Crippen LogP contribution in [-0.4, -0.2) is 97.5 Å². The summed E-state index contributed by atoms with van der Waals surface area (Å²) in [6, 6.07) is 14.9. The molecule has 1 amide bonds. The lowest BCUT2D eigenvalue weighted by atomic mass is 9.65. The summed E-state index contributed by atoms with van der Waals surface area (Å²) in [5.74, 6) is 2.41. The molecule has 8 aromatic rings. The number of aryl methyl sites for hydroxylation is 6. The Morgan fingerprint density at radius 2 is 1.28 bits per heavy atom. The van der Waals surface area contributed by atoms with Gasteiger partial charge in [0.1, 0.15) is 57.8 Å². The number of esters is 1. The van der Waals surface area contributed by atoms with Crippen molar-refractivity contribution in [2.24, 2.45) is 24.5 Å². The molecule has 1 saturated heterocycles. The Morgan fingerprint density at radius 1 is 0.744 bits per heavy atom. The molecular formula is C62H65N15O7S2. The molecule has 24 heteroatoms. The molecule has 2 saturated carbocycles. The highest BCUT2D eigenvalue weighted by Gasteiger charge is 2.60. The van der Waals surface area contributed by atoms with Crippen LogP contribution in [-0.2, 0) is 47.7 Å². The van der Waals surface area contributed by atoms with E-state index in [1.165, 1.54) is 24.4 Å². The number of hydrogen-bond acceptors (Lipinski definition) is 16. The zero-order chi connectivity index (χ0) is 61.6. The number of benzene rings is 2. The summed E-state index contributed by atoms with van der Waals surface area (Å²) in [6.07, 6.45) is 11.7. The summed E-state index contributed by atoms with van der Waals surface area (Å²) in [5, 5.41) is 11.6. The fourth-order valence-corrected chi connectivity index (χ4v) is 11.9. The summed E-state index contributed by atoms with van der Waals surface area (Å²) < 4.78 is 20.0. The van der Waals surface area contributed by atoms with Crippen LogP contribution in [0.1, 0.15) is 107 Å². The highest BCUT2D eigenvalue weighted by molar-refractivity contribution is 7.81. The molecule has 22 nitrogen and oxygen atoms in total. The SMILES string of the molecule is CCCc1nn(C)c2c(=O)[nH]c(-c3cc(CC4(C(=O)OC)CCC4)ccc3OCC)nc12.[C-]#[N+]c1ncc(N2C(=O)C3(CCC3)N(c3ccc(OCC)c(-c4nc5c(CCC)nn(C)c5c(=O)[nH]4)c3)C2=S)cc1C.[C-]#[N+]c1ncc(N=C=S)cc1C. The lowest BCUT2D eigenvalue weighted by molar-refractivity contribution is -0.158. The van der Waals surface area contributed by atoms with Gasteiger partial charge in [0.15, 0.2) is 16.1 Å². The van der Waals surface area contributed by atoms with E-state index in [4.69, 9.17) is 49.5 Å². The highest BCUT2D eigenvalue weighted by Crippen LogP contribution is 2.50. The number of pyridine rings is 2. The van der Waals surface area contributed by atoms with Crippen molar-refractivity contribution in [2.75, 3.05) is 30.1 Å². The van der Waals surface area contributed by atoms with E-state index >= 15 is 0 Å². The van der Waals surface area contributed by atoms with Crippen LogP contribution in [0.3, 0.4) is 0 Å². The maximum absolute atomic E-state index is 14.0. The number of H-pyrrole nitrogens is 2. The first kappa shape index (κ1) is 61.2. The van der Waals surface area contributed by atoms with Gasteiger partial charge < -0.3 is 38.8 Å². The largest absolute Gasteiger partial charge is 0.493 e. The van der Waals surface area contributed by atoms with Gasteiger partial charge in [-0.3, -0.25) is 33.4 Å². The van der Waals surface area contributed by atoms with Crippen molar-refractivity contribution in [3.05, 3.63) is 133 Å². The second-order valence-electron chi connectivity index (χ2n) is 21.3. The molecule has 0 radical (unpaired) electrons. The number of fused-ring (bicyclic) bond motifs is 2. The number of amides is 1. The molecule has 0 bridgehead atoms. The number of rotatable bonds is 16. The first-order chi connectivity index (χ1) is 41.4. The number of carbonyl (C=O) groups excluding carboxylic acids is 2. The van der Waals surface area contributed by atoms with Crippen LogP contribution in [0.2, 0.25) is 0 Å². The molecule has 6 aromatic heterocycles. The first-order valence-electron chi connectivity index (χ1n) is 28.4. The van der Waals surface area contributed by atoms with Gasteiger partial charge in [0, 0.05) is 19.8 Å². The van der Waals surface area contributed by atoms with Crippen LogP contribution in [0.5, 0.6) is 11.5 Å². The minimum absolute atomic E-state index is 0.113. The van der Waals surface area contributed by atoms with Crippen molar-refractivity contribution in [1.29, 1.82) is 0 Å². The Balaban J connectivity index is 0.000000177. The van der Waals surface area contributed by atoms with Crippen molar-refractivity contribution in [3.63, 3.8) is 0 Å². The number of isothiocyanates is 1. The molecule has 3 aliphatic rings. The number of nitrogens with zero attached hydrogens (tertiary/aromatic N) is 13. The lowest BCUT2D eigenvalue weighted by Gasteiger charge is -2.43. The molecule has 1 aliphatic heterocycles. The molecule has 7 heterocycles. The lowest BCUT2D eigenvalue weighted by Crippen LogP contribution is -2.55. The minimum Gasteiger partial charge on any atom is -0.493 e. The van der Waals surface area contributed by atoms with Crippen LogP contribution in [0.15, 0.2) is 75.5 Å². The number of hydrogen-bond donors (Lipinski definition) is 2. The molecule has 2 aliphatic carbocycles. The predicted molar refractivity (Wildman–Crippen MR) is 336 cm³/mol. The monoisotopic (exact) mass is 1200 g/mol. The third kappa shape index (κ3) is 11.6. The van der Waals surface area contributed by atoms with Gasteiger partial charge in [-0.05, 0) is 163 Å². The zero-order valence-corrected chi connectivity index (χ0v) is 51.1. The molecule has 0 unspecified atom stereocenters. The van der Waals surface area contributed by atoms with Gasteiger partial charge in [0.2, 0.25) is 0 Å². The van der Waals surface area contributed by atoms with Gasteiger partial charge in [-0.15, -0.1) is 9.97 Å². The summed E-state index contributed by atoms with van der Waals surface area (Å²) in [5.41, 5.74) is 7.42. The highest BCUT2D eigenvalue weighted by atomic mass is 32.1. The molecular weight excluding hydrogens is 1130 g/mol. The summed E-state index contributed by atoms with van der Waals surface area (Å²) >= 11 is 10.4. The van der Waals surface area contributed by atoms with Crippen molar-refractivity contribution in [1.82, 2.24) is 49.5 Å². The van der Waals surface area contributed by atoms with Gasteiger partial charge in [-0.1, -0.05) is 52.3 Å². The quantitative estimate of drug-likeness (QED) is 0.0395. The number of aromatic nitrogens is 10. The van der Waals surface area contributed by atoms with Crippen LogP contribution < -0.4 is 30.4 Å². The average Bonchev–Trinajstić information content (AvgIpc) is 1.59. The molecule has 0 atom stereocenters. The number of carbonyl (C=O) groups is 2. The number of anilines is 2. The maximum atomic E-state index is 14.0. The third-order valence-electron chi connectivity index (χ3n) is 15.7. The molecule has 442 valence electrons. The molecule has 3 fully saturated rings. The Hall–Kier alpha value is -9.35. The summed E-state index contributed by atoms with van der Waals surface area (Å²) in [7, 11) is 4.94. The molecule has 11 rings (SSSR count). The molecule has 1 spiro atoms. The van der Waals surface area contributed by atoms with Crippen molar-refractivity contribution in [3.8, 4) is 34.3 Å². The molecule has 86 heavy (non-hydrogen) atoms. The van der Waals surface area contributed by atoms with Gasteiger partial charge in [-0.2, -0.15) is 15.2 Å². The number of thiocarbonyl (C=S) groups is 2. The Morgan fingerprint density at radius 3 is 1.74 bits per heavy atom. The van der Waals surface area contributed by atoms with E-state index < -0.39 is 11.0 Å². The molecule has 2 N–H and O–H groups in total. The van der Waals surface area contributed by atoms with Crippen molar-refractivity contribution < 1.29 is 23.8 Å². The predicted octanol–water partition coefficient (Wildman–Crippen LogP) is 11.2. The fourth-order valence-electron chi connectivity index (χ4n) is 11.3. The Kier molecular flexibility index (Phi) is 18.4. The first-order valence-corrected chi connectivity index (χ1v) is 29.2. The van der Waals surface area contributed by atoms with Crippen molar-refractivity contribution in [2.45, 2.75) is 118 Å². The van der Waals surface area contributed by atoms with Crippen LogP contribution in [0.25, 0.3) is 54.5 Å². The van der Waals surface area contributed by atoms with E-state index in [1.54, 1.807) is 42.5 Å². The Labute approximate surface area is 507 Å². The number of aliphatic imine (C=N–C) groups is 1. The van der Waals surface area contributed by atoms with E-state index in [-0.39, 0.29) is 28.8 Å². The van der Waals surface area contributed by atoms with E-state index in [2.05, 4.69) is 76.0 Å². The number of nitrogens with one attached hydrogen (secondary N) is 2. The van der Waals surface area contributed by atoms with E-state index in [0.29, 0.717) is 129 Å². The average molecular weight is 1200 g/mol. The van der Waals surface area contributed by atoms with E-state index in [9.17, 15) is 19.2 Å². The van der Waals surface area contributed by atoms with Crippen LogP contribution >= 0.6 is 24.4 Å².